The minimum Gasteiger partial charge on any atom is -0.504 e. The Morgan fingerprint density at radius 2 is 2.12 bits per heavy atom. The number of phenols is 2. The van der Waals surface area contributed by atoms with Crippen LogP contribution in [0, 0.1) is 11.3 Å². The Kier molecular flexibility index (Phi) is 5.04. The van der Waals surface area contributed by atoms with E-state index in [1.54, 1.807) is 6.92 Å². The summed E-state index contributed by atoms with van der Waals surface area (Å²) in [4.78, 5) is 12.3. The minimum atomic E-state index is -1.01. The van der Waals surface area contributed by atoms with Gasteiger partial charge in [-0.3, -0.25) is 0 Å². The lowest BCUT2D eigenvalue weighted by Gasteiger charge is -2.27. The van der Waals surface area contributed by atoms with Crippen molar-refractivity contribution in [2.75, 3.05) is 6.61 Å². The minimum absolute atomic E-state index is 0.0413. The summed E-state index contributed by atoms with van der Waals surface area (Å²) in [5.41, 5.74) is 5.88. The molecule has 126 valence electrons. The molecule has 4 N–H and O–H groups in total. The van der Waals surface area contributed by atoms with Crippen molar-refractivity contribution in [1.29, 1.82) is 5.26 Å². The molecule has 1 aromatic carbocycles. The number of hydrogen-bond acceptors (Lipinski definition) is 7. The quantitative estimate of drug-likeness (QED) is 0.530. The molecule has 0 aromatic heterocycles. The van der Waals surface area contributed by atoms with E-state index in [2.05, 4.69) is 15.9 Å². The van der Waals surface area contributed by atoms with Crippen LogP contribution in [0.3, 0.4) is 0 Å². The number of nitrogens with zero attached hydrogens (tertiary/aromatic N) is 1. The summed E-state index contributed by atoms with van der Waals surface area (Å²) in [6, 6.07) is 4.86. The molecule has 0 fully saturated rings. The number of allylic oxidation sites excluding steroid dienone is 2. The molecule has 1 atom stereocenters. The van der Waals surface area contributed by atoms with E-state index in [1.807, 2.05) is 6.07 Å². The van der Waals surface area contributed by atoms with Crippen LogP contribution in [0.1, 0.15) is 25.3 Å². The van der Waals surface area contributed by atoms with Crippen molar-refractivity contribution in [3.63, 3.8) is 0 Å². The third-order valence-corrected chi connectivity index (χ3v) is 4.19. The highest BCUT2D eigenvalue weighted by atomic mass is 79.9. The average molecular weight is 395 g/mol. The Hall–Kier alpha value is -2.66. The maximum atomic E-state index is 12.3. The molecule has 1 aromatic rings. The summed E-state index contributed by atoms with van der Waals surface area (Å²) in [6.07, 6.45) is 0. The molecule has 0 amide bonds. The van der Waals surface area contributed by atoms with Gasteiger partial charge in [0.1, 0.15) is 17.4 Å². The van der Waals surface area contributed by atoms with Gasteiger partial charge < -0.3 is 25.4 Å². The molecular formula is C16H15BrN2O5. The Bertz CT molecular complexity index is 807. The maximum absolute atomic E-state index is 12.3. The first-order valence-corrected chi connectivity index (χ1v) is 7.78. The van der Waals surface area contributed by atoms with E-state index in [4.69, 9.17) is 15.2 Å². The van der Waals surface area contributed by atoms with Crippen LogP contribution in [-0.2, 0) is 14.3 Å². The number of carbonyl (C=O) groups is 1. The van der Waals surface area contributed by atoms with E-state index < -0.39 is 23.4 Å². The molecule has 1 aliphatic rings. The van der Waals surface area contributed by atoms with Crippen LogP contribution in [0.25, 0.3) is 0 Å². The second-order valence-electron chi connectivity index (χ2n) is 4.95. The molecule has 0 saturated carbocycles. The highest BCUT2D eigenvalue weighted by molar-refractivity contribution is 9.10. The molecule has 7 nitrogen and oxygen atoms in total. The lowest BCUT2D eigenvalue weighted by atomic mass is 9.82. The van der Waals surface area contributed by atoms with Gasteiger partial charge in [-0.05, 0) is 35.8 Å². The summed E-state index contributed by atoms with van der Waals surface area (Å²) < 4.78 is 10.6. The second kappa shape index (κ2) is 6.84. The molecule has 1 aliphatic heterocycles. The van der Waals surface area contributed by atoms with Crippen molar-refractivity contribution in [2.24, 2.45) is 5.73 Å². The number of nitriles is 1. The average Bonchev–Trinajstić information content (AvgIpc) is 2.52. The normalized spacial score (nSPS) is 17.3. The van der Waals surface area contributed by atoms with Crippen molar-refractivity contribution in [1.82, 2.24) is 0 Å². The standard InChI is InChI=1S/C16H15BrN2O5/c1-3-23-16(22)11-7(2)24-15(19)9(6-18)12(11)8-4-5-10(17)14(21)13(8)20/h4-5,12,20-21H,3,19H2,1-2H3. The summed E-state index contributed by atoms with van der Waals surface area (Å²) in [5.74, 6) is -2.59. The number of carbonyl (C=O) groups excluding carboxylic acids is 1. The van der Waals surface area contributed by atoms with Crippen molar-refractivity contribution in [3.8, 4) is 17.6 Å². The number of phenolic OH excluding ortho intramolecular Hbond substituents is 2. The van der Waals surface area contributed by atoms with Gasteiger partial charge in [0.25, 0.3) is 0 Å². The predicted molar refractivity (Wildman–Crippen MR) is 87.5 cm³/mol. The number of ether oxygens (including phenoxy) is 2. The lowest BCUT2D eigenvalue weighted by molar-refractivity contribution is -0.139. The van der Waals surface area contributed by atoms with Gasteiger partial charge in [0.05, 0.1) is 22.6 Å². The van der Waals surface area contributed by atoms with Gasteiger partial charge in [0, 0.05) is 5.56 Å². The van der Waals surface area contributed by atoms with Gasteiger partial charge in [-0.25, -0.2) is 4.79 Å². The molecule has 0 radical (unpaired) electrons. The summed E-state index contributed by atoms with van der Waals surface area (Å²) in [5, 5.41) is 29.7. The molecule has 24 heavy (non-hydrogen) atoms. The van der Waals surface area contributed by atoms with Crippen LogP contribution in [0.2, 0.25) is 0 Å². The van der Waals surface area contributed by atoms with Crippen molar-refractivity contribution >= 4 is 21.9 Å². The van der Waals surface area contributed by atoms with Crippen LogP contribution < -0.4 is 5.73 Å². The van der Waals surface area contributed by atoms with Crippen molar-refractivity contribution in [3.05, 3.63) is 45.0 Å². The van der Waals surface area contributed by atoms with E-state index in [0.29, 0.717) is 0 Å². The lowest BCUT2D eigenvalue weighted by Crippen LogP contribution is -2.25. The van der Waals surface area contributed by atoms with E-state index in [0.717, 1.165) is 0 Å². The zero-order valence-corrected chi connectivity index (χ0v) is 14.5. The van der Waals surface area contributed by atoms with Crippen LogP contribution in [0.5, 0.6) is 11.5 Å². The summed E-state index contributed by atoms with van der Waals surface area (Å²) in [7, 11) is 0. The Balaban J connectivity index is 2.72. The van der Waals surface area contributed by atoms with E-state index >= 15 is 0 Å². The second-order valence-corrected chi connectivity index (χ2v) is 5.80. The molecule has 0 bridgehead atoms. The van der Waals surface area contributed by atoms with E-state index in [1.165, 1.54) is 19.1 Å². The Labute approximate surface area is 146 Å². The molecule has 1 unspecified atom stereocenters. The van der Waals surface area contributed by atoms with Gasteiger partial charge in [0.15, 0.2) is 11.5 Å². The highest BCUT2D eigenvalue weighted by Gasteiger charge is 2.38. The molecule has 2 rings (SSSR count). The largest absolute Gasteiger partial charge is 0.504 e. The van der Waals surface area contributed by atoms with Crippen LogP contribution in [-0.4, -0.2) is 22.8 Å². The van der Waals surface area contributed by atoms with Crippen molar-refractivity contribution in [2.45, 2.75) is 19.8 Å². The number of benzene rings is 1. The zero-order valence-electron chi connectivity index (χ0n) is 13.0. The molecule has 0 saturated heterocycles. The molecule has 1 heterocycles. The number of nitrogens with two attached hydrogens (primary N) is 1. The predicted octanol–water partition coefficient (Wildman–Crippen LogP) is 2.51. The van der Waals surface area contributed by atoms with Gasteiger partial charge in [0.2, 0.25) is 5.88 Å². The van der Waals surface area contributed by atoms with Crippen molar-refractivity contribution < 1.29 is 24.5 Å². The first-order chi connectivity index (χ1) is 11.3. The number of halogens is 1. The topological polar surface area (TPSA) is 126 Å². The number of hydrogen-bond donors (Lipinski definition) is 3. The number of esters is 1. The maximum Gasteiger partial charge on any atom is 0.338 e. The SMILES string of the molecule is CCOC(=O)C1=C(C)OC(N)=C(C#N)C1c1ccc(Br)c(O)c1O. The third-order valence-electron chi connectivity index (χ3n) is 3.55. The van der Waals surface area contributed by atoms with Crippen LogP contribution in [0.15, 0.2) is 39.4 Å². The fraction of sp³-hybridized carbons (Fsp3) is 0.250. The Morgan fingerprint density at radius 1 is 1.46 bits per heavy atom. The van der Waals surface area contributed by atoms with E-state index in [-0.39, 0.29) is 39.4 Å². The molecule has 0 spiro atoms. The van der Waals surface area contributed by atoms with Crippen LogP contribution >= 0.6 is 15.9 Å². The van der Waals surface area contributed by atoms with Gasteiger partial charge in [-0.1, -0.05) is 6.07 Å². The smallest absolute Gasteiger partial charge is 0.338 e. The summed E-state index contributed by atoms with van der Waals surface area (Å²) in [6.45, 7) is 3.28. The Morgan fingerprint density at radius 3 is 2.71 bits per heavy atom. The molecular weight excluding hydrogens is 380 g/mol. The third kappa shape index (κ3) is 2.90. The monoisotopic (exact) mass is 394 g/mol. The van der Waals surface area contributed by atoms with Crippen LogP contribution in [0.4, 0.5) is 0 Å². The van der Waals surface area contributed by atoms with E-state index in [9.17, 15) is 20.3 Å². The fourth-order valence-electron chi connectivity index (χ4n) is 2.47. The summed E-state index contributed by atoms with van der Waals surface area (Å²) >= 11 is 3.09. The van der Waals surface area contributed by atoms with Gasteiger partial charge >= 0.3 is 5.97 Å². The number of aromatic hydroxyl groups is 2. The fourth-order valence-corrected chi connectivity index (χ4v) is 2.79. The molecule has 8 heteroatoms. The molecule has 0 aliphatic carbocycles. The first-order valence-electron chi connectivity index (χ1n) is 6.99. The van der Waals surface area contributed by atoms with Gasteiger partial charge in [-0.2, -0.15) is 5.26 Å². The highest BCUT2D eigenvalue weighted by Crippen LogP contribution is 2.46. The van der Waals surface area contributed by atoms with Gasteiger partial charge in [-0.15, -0.1) is 0 Å². The zero-order chi connectivity index (χ0) is 18.0. The first kappa shape index (κ1) is 17.7. The number of rotatable bonds is 3.